The highest BCUT2D eigenvalue weighted by molar-refractivity contribution is 6.00. The van der Waals surface area contributed by atoms with Crippen LogP contribution in [0.4, 0.5) is 11.4 Å². The molecule has 7 heteroatoms. The number of fused-ring (bicyclic) bond motifs is 1. The van der Waals surface area contributed by atoms with Crippen LogP contribution >= 0.6 is 0 Å². The van der Waals surface area contributed by atoms with E-state index in [1.807, 2.05) is 20.8 Å². The number of ether oxygens (including phenoxy) is 1. The van der Waals surface area contributed by atoms with Gasteiger partial charge in [0, 0.05) is 24.7 Å². The van der Waals surface area contributed by atoms with Gasteiger partial charge in [-0.2, -0.15) is 0 Å². The number of nitro groups is 1. The van der Waals surface area contributed by atoms with Crippen LogP contribution in [0.3, 0.4) is 0 Å². The van der Waals surface area contributed by atoms with Crippen LogP contribution in [-0.2, 0) is 4.79 Å². The van der Waals surface area contributed by atoms with Crippen molar-refractivity contribution in [1.29, 1.82) is 0 Å². The summed E-state index contributed by atoms with van der Waals surface area (Å²) >= 11 is 0. The lowest BCUT2D eigenvalue weighted by Crippen LogP contribution is -2.51. The highest BCUT2D eigenvalue weighted by atomic mass is 16.6. The zero-order valence-corrected chi connectivity index (χ0v) is 13.0. The van der Waals surface area contributed by atoms with Crippen LogP contribution in [0.2, 0.25) is 0 Å². The highest BCUT2D eigenvalue weighted by Gasteiger charge is 2.37. The van der Waals surface area contributed by atoms with Gasteiger partial charge in [0.2, 0.25) is 0 Å². The van der Waals surface area contributed by atoms with Crippen LogP contribution in [-0.4, -0.2) is 29.5 Å². The maximum atomic E-state index is 12.6. The van der Waals surface area contributed by atoms with E-state index in [0.717, 1.165) is 0 Å². The van der Waals surface area contributed by atoms with Gasteiger partial charge in [0.15, 0.2) is 6.10 Å². The van der Waals surface area contributed by atoms with Gasteiger partial charge in [0.05, 0.1) is 10.6 Å². The Morgan fingerprint density at radius 1 is 1.45 bits per heavy atom. The first-order valence-corrected chi connectivity index (χ1v) is 7.37. The molecule has 1 amide bonds. The fourth-order valence-electron chi connectivity index (χ4n) is 2.36. The van der Waals surface area contributed by atoms with Crippen molar-refractivity contribution in [1.82, 2.24) is 0 Å². The molecule has 2 rings (SSSR count). The van der Waals surface area contributed by atoms with Gasteiger partial charge in [-0.05, 0) is 18.4 Å². The number of carbonyl (C=O) groups excluding carboxylic acids is 1. The summed E-state index contributed by atoms with van der Waals surface area (Å²) < 4.78 is 5.73. The summed E-state index contributed by atoms with van der Waals surface area (Å²) in [5.41, 5.74) is 6.31. The van der Waals surface area contributed by atoms with E-state index in [4.69, 9.17) is 10.5 Å². The number of non-ortho nitro benzene ring substituents is 1. The molecule has 1 aliphatic heterocycles. The van der Waals surface area contributed by atoms with E-state index >= 15 is 0 Å². The van der Waals surface area contributed by atoms with Crippen molar-refractivity contribution in [3.05, 3.63) is 28.3 Å². The van der Waals surface area contributed by atoms with E-state index in [2.05, 4.69) is 0 Å². The molecule has 0 saturated carbocycles. The van der Waals surface area contributed by atoms with E-state index in [0.29, 0.717) is 24.4 Å². The van der Waals surface area contributed by atoms with E-state index in [-0.39, 0.29) is 23.6 Å². The van der Waals surface area contributed by atoms with Crippen LogP contribution in [0.1, 0.15) is 27.2 Å². The van der Waals surface area contributed by atoms with Gasteiger partial charge < -0.3 is 15.4 Å². The van der Waals surface area contributed by atoms with Crippen molar-refractivity contribution in [3.63, 3.8) is 0 Å². The van der Waals surface area contributed by atoms with Crippen LogP contribution in [0.15, 0.2) is 18.2 Å². The molecule has 0 saturated heterocycles. The van der Waals surface area contributed by atoms with Crippen molar-refractivity contribution in [3.8, 4) is 5.75 Å². The van der Waals surface area contributed by atoms with Crippen molar-refractivity contribution >= 4 is 17.3 Å². The molecule has 22 heavy (non-hydrogen) atoms. The molecule has 2 atom stereocenters. The molecule has 120 valence electrons. The lowest BCUT2D eigenvalue weighted by atomic mass is 10.0. The Kier molecular flexibility index (Phi) is 4.65. The summed E-state index contributed by atoms with van der Waals surface area (Å²) in [4.78, 5) is 24.6. The smallest absolute Gasteiger partial charge is 0.271 e. The number of nitrogens with zero attached hydrogens (tertiary/aromatic N) is 2. The third-order valence-corrected chi connectivity index (χ3v) is 3.75. The molecule has 1 aromatic rings. The summed E-state index contributed by atoms with van der Waals surface area (Å²) in [6, 6.07) is 4.09. The topological polar surface area (TPSA) is 98.7 Å². The second-order valence-electron chi connectivity index (χ2n) is 5.81. The van der Waals surface area contributed by atoms with Gasteiger partial charge in [-0.25, -0.2) is 0 Å². The molecule has 1 heterocycles. The molecule has 0 aliphatic carbocycles. The van der Waals surface area contributed by atoms with Crippen molar-refractivity contribution < 1.29 is 14.5 Å². The van der Waals surface area contributed by atoms with E-state index < -0.39 is 11.0 Å². The molecular weight excluding hydrogens is 286 g/mol. The van der Waals surface area contributed by atoms with Crippen molar-refractivity contribution in [2.45, 2.75) is 39.3 Å². The second kappa shape index (κ2) is 6.31. The lowest BCUT2D eigenvalue weighted by molar-refractivity contribution is -0.384. The molecule has 1 aliphatic rings. The number of hydrogen-bond donors (Lipinski definition) is 1. The minimum absolute atomic E-state index is 0.00353. The Morgan fingerprint density at radius 2 is 2.14 bits per heavy atom. The molecule has 1 aromatic carbocycles. The van der Waals surface area contributed by atoms with Crippen LogP contribution in [0, 0.1) is 16.0 Å². The van der Waals surface area contributed by atoms with Gasteiger partial charge in [-0.15, -0.1) is 0 Å². The lowest BCUT2D eigenvalue weighted by Gasteiger charge is -2.36. The highest BCUT2D eigenvalue weighted by Crippen LogP contribution is 2.38. The number of carbonyl (C=O) groups is 1. The van der Waals surface area contributed by atoms with Crippen LogP contribution < -0.4 is 15.4 Å². The number of nitrogens with two attached hydrogens (primary N) is 1. The average molecular weight is 307 g/mol. The Labute approximate surface area is 129 Å². The second-order valence-corrected chi connectivity index (χ2v) is 5.81. The molecule has 0 spiro atoms. The third-order valence-electron chi connectivity index (χ3n) is 3.75. The first kappa shape index (κ1) is 16.2. The normalized spacial score (nSPS) is 18.9. The Hall–Kier alpha value is -2.15. The largest absolute Gasteiger partial charge is 0.478 e. The monoisotopic (exact) mass is 307 g/mol. The Morgan fingerprint density at radius 3 is 2.68 bits per heavy atom. The molecule has 0 bridgehead atoms. The summed E-state index contributed by atoms with van der Waals surface area (Å²) in [5, 5.41) is 11.0. The first-order valence-electron chi connectivity index (χ1n) is 7.37. The Balaban J connectivity index is 2.46. The molecule has 0 radical (unpaired) electrons. The van der Waals surface area contributed by atoms with Crippen LogP contribution in [0.5, 0.6) is 5.75 Å². The van der Waals surface area contributed by atoms with Crippen molar-refractivity contribution in [2.24, 2.45) is 11.7 Å². The van der Waals surface area contributed by atoms with Crippen LogP contribution in [0.25, 0.3) is 0 Å². The van der Waals surface area contributed by atoms with Gasteiger partial charge in [-0.3, -0.25) is 14.9 Å². The maximum absolute atomic E-state index is 12.6. The molecular formula is C15H21N3O4. The number of amides is 1. The van der Waals surface area contributed by atoms with E-state index in [1.165, 1.54) is 17.0 Å². The Bertz CT molecular complexity index is 588. The predicted octanol–water partition coefficient (Wildman–Crippen LogP) is 2.08. The number of anilines is 1. The minimum Gasteiger partial charge on any atom is -0.478 e. The fraction of sp³-hybridized carbons (Fsp3) is 0.533. The first-order chi connectivity index (χ1) is 10.3. The van der Waals surface area contributed by atoms with Gasteiger partial charge in [-0.1, -0.05) is 20.8 Å². The molecule has 2 N–H and O–H groups in total. The zero-order chi connectivity index (χ0) is 16.4. The minimum atomic E-state index is -0.599. The number of hydrogen-bond acceptors (Lipinski definition) is 5. The van der Waals surface area contributed by atoms with Gasteiger partial charge >= 0.3 is 0 Å². The SMILES string of the molecule is CCC(N)CN1C(=O)C(C(C)C)Oc2ccc([N+](=O)[O-])cc21. The summed E-state index contributed by atoms with van der Waals surface area (Å²) in [6.45, 7) is 6.05. The summed E-state index contributed by atoms with van der Waals surface area (Å²) in [6.07, 6.45) is 0.111. The van der Waals surface area contributed by atoms with Gasteiger partial charge in [0.25, 0.3) is 11.6 Å². The molecule has 0 fully saturated rings. The summed E-state index contributed by atoms with van der Waals surface area (Å²) in [5.74, 6) is 0.273. The molecule has 7 nitrogen and oxygen atoms in total. The zero-order valence-electron chi connectivity index (χ0n) is 13.0. The van der Waals surface area contributed by atoms with Gasteiger partial charge in [0.1, 0.15) is 5.75 Å². The molecule has 2 unspecified atom stereocenters. The quantitative estimate of drug-likeness (QED) is 0.663. The average Bonchev–Trinajstić information content (AvgIpc) is 2.48. The summed E-state index contributed by atoms with van der Waals surface area (Å²) in [7, 11) is 0. The molecule has 0 aromatic heterocycles. The fourth-order valence-corrected chi connectivity index (χ4v) is 2.36. The predicted molar refractivity (Wildman–Crippen MR) is 83.0 cm³/mol. The van der Waals surface area contributed by atoms with E-state index in [1.54, 1.807) is 6.07 Å². The maximum Gasteiger partial charge on any atom is 0.271 e. The van der Waals surface area contributed by atoms with Crippen molar-refractivity contribution in [2.75, 3.05) is 11.4 Å². The van der Waals surface area contributed by atoms with E-state index in [9.17, 15) is 14.9 Å². The number of benzene rings is 1. The number of rotatable bonds is 5. The standard InChI is InChI=1S/C15H21N3O4/c1-4-10(16)8-17-12-7-11(18(20)21)5-6-13(12)22-14(9(2)3)15(17)19/h5-7,9-10,14H,4,8,16H2,1-3H3. The third kappa shape index (κ3) is 3.04. The number of nitro benzene ring substituents is 1.